The number of aromatic nitrogens is 4. The number of amides is 2. The highest BCUT2D eigenvalue weighted by Crippen LogP contribution is 2.22. The lowest BCUT2D eigenvalue weighted by Gasteiger charge is -2.18. The predicted octanol–water partition coefficient (Wildman–Crippen LogP) is -0.284. The molecule has 3 rings (SSSR count). The number of nitrogens with zero attached hydrogens (tertiary/aromatic N) is 3. The van der Waals surface area contributed by atoms with Crippen LogP contribution in [0.1, 0.15) is 41.0 Å². The van der Waals surface area contributed by atoms with Gasteiger partial charge in [0.15, 0.2) is 5.82 Å². The minimum atomic E-state index is -0.302. The Bertz CT molecular complexity index is 635. The van der Waals surface area contributed by atoms with Crippen LogP contribution in [0.15, 0.2) is 17.0 Å². The van der Waals surface area contributed by atoms with Crippen LogP contribution in [0.3, 0.4) is 0 Å². The maximum atomic E-state index is 11.7. The molecular formula is C12H14N6O3. The third-order valence-electron chi connectivity index (χ3n) is 3.24. The molecule has 3 N–H and O–H groups in total. The number of nitrogens with one attached hydrogen (secondary N) is 3. The van der Waals surface area contributed by atoms with Gasteiger partial charge in [-0.25, -0.2) is 4.98 Å². The van der Waals surface area contributed by atoms with E-state index in [1.807, 2.05) is 0 Å². The van der Waals surface area contributed by atoms with Crippen molar-refractivity contribution < 1.29 is 14.1 Å². The van der Waals surface area contributed by atoms with Gasteiger partial charge in [-0.05, 0) is 6.42 Å². The summed E-state index contributed by atoms with van der Waals surface area (Å²) in [5, 5.41) is 9.27. The van der Waals surface area contributed by atoms with Gasteiger partial charge in [0.2, 0.25) is 11.8 Å². The molecule has 1 unspecified atom stereocenters. The van der Waals surface area contributed by atoms with E-state index in [1.54, 1.807) is 0 Å². The highest BCUT2D eigenvalue weighted by molar-refractivity contribution is 5.91. The second-order valence-electron chi connectivity index (χ2n) is 4.73. The lowest BCUT2D eigenvalue weighted by molar-refractivity contribution is -0.122. The number of hydrogen-bond donors (Lipinski definition) is 3. The summed E-state index contributed by atoms with van der Waals surface area (Å²) >= 11 is 0. The van der Waals surface area contributed by atoms with Crippen LogP contribution in [0.25, 0.3) is 0 Å². The maximum Gasteiger partial charge on any atom is 0.269 e. The van der Waals surface area contributed by atoms with Crippen LogP contribution >= 0.6 is 0 Å². The lowest BCUT2D eigenvalue weighted by atomic mass is 9.97. The van der Waals surface area contributed by atoms with Crippen LogP contribution in [0.2, 0.25) is 0 Å². The SMILES string of the molecule is O=C1CC(c2noc(CNC(=O)c3cnc[nH]3)n2)CCN1. The van der Waals surface area contributed by atoms with E-state index in [0.717, 1.165) is 6.42 Å². The summed E-state index contributed by atoms with van der Waals surface area (Å²) in [6.07, 6.45) is 3.99. The fourth-order valence-corrected chi connectivity index (χ4v) is 2.14. The summed E-state index contributed by atoms with van der Waals surface area (Å²) < 4.78 is 5.09. The molecule has 1 atom stereocenters. The molecule has 110 valence electrons. The Morgan fingerprint density at radius 2 is 2.43 bits per heavy atom. The molecule has 1 fully saturated rings. The van der Waals surface area contributed by atoms with E-state index in [0.29, 0.717) is 30.4 Å². The van der Waals surface area contributed by atoms with Gasteiger partial charge in [-0.15, -0.1) is 0 Å². The molecule has 21 heavy (non-hydrogen) atoms. The van der Waals surface area contributed by atoms with Gasteiger partial charge in [-0.2, -0.15) is 4.98 Å². The van der Waals surface area contributed by atoms with Crippen LogP contribution in [0.4, 0.5) is 0 Å². The summed E-state index contributed by atoms with van der Waals surface area (Å²) in [6, 6.07) is 0. The van der Waals surface area contributed by atoms with Crippen molar-refractivity contribution in [2.75, 3.05) is 6.54 Å². The van der Waals surface area contributed by atoms with E-state index in [2.05, 4.69) is 30.7 Å². The molecule has 9 heteroatoms. The van der Waals surface area contributed by atoms with Crippen molar-refractivity contribution in [1.29, 1.82) is 0 Å². The van der Waals surface area contributed by atoms with E-state index in [4.69, 9.17) is 4.52 Å². The minimum absolute atomic E-state index is 0.00912. The summed E-state index contributed by atoms with van der Waals surface area (Å²) in [6.45, 7) is 0.744. The first-order valence-corrected chi connectivity index (χ1v) is 6.58. The van der Waals surface area contributed by atoms with Gasteiger partial charge in [0.1, 0.15) is 5.69 Å². The molecule has 2 aromatic rings. The zero-order valence-electron chi connectivity index (χ0n) is 11.1. The molecule has 0 aliphatic carbocycles. The Morgan fingerprint density at radius 3 is 3.19 bits per heavy atom. The van der Waals surface area contributed by atoms with Crippen LogP contribution < -0.4 is 10.6 Å². The summed E-state index contributed by atoms with van der Waals surface area (Å²) in [7, 11) is 0. The molecule has 0 spiro atoms. The first-order valence-electron chi connectivity index (χ1n) is 6.58. The number of hydrogen-bond acceptors (Lipinski definition) is 6. The molecule has 0 aromatic carbocycles. The Labute approximate surface area is 119 Å². The second kappa shape index (κ2) is 5.73. The third kappa shape index (κ3) is 3.07. The van der Waals surface area contributed by atoms with Gasteiger partial charge in [0.25, 0.3) is 5.91 Å². The smallest absolute Gasteiger partial charge is 0.269 e. The fourth-order valence-electron chi connectivity index (χ4n) is 2.14. The van der Waals surface area contributed by atoms with E-state index in [-0.39, 0.29) is 24.3 Å². The highest BCUT2D eigenvalue weighted by atomic mass is 16.5. The molecule has 3 heterocycles. The van der Waals surface area contributed by atoms with E-state index >= 15 is 0 Å². The van der Waals surface area contributed by atoms with Crippen molar-refractivity contribution in [3.05, 3.63) is 29.9 Å². The number of carbonyl (C=O) groups excluding carboxylic acids is 2. The molecule has 2 aromatic heterocycles. The van der Waals surface area contributed by atoms with Gasteiger partial charge in [-0.1, -0.05) is 5.16 Å². The number of H-pyrrole nitrogens is 1. The quantitative estimate of drug-likeness (QED) is 0.710. The molecule has 0 bridgehead atoms. The van der Waals surface area contributed by atoms with E-state index < -0.39 is 0 Å². The zero-order chi connectivity index (χ0) is 14.7. The topological polar surface area (TPSA) is 126 Å². The van der Waals surface area contributed by atoms with Gasteiger partial charge < -0.3 is 20.1 Å². The van der Waals surface area contributed by atoms with Crippen molar-refractivity contribution in [3.8, 4) is 0 Å². The van der Waals surface area contributed by atoms with Crippen molar-refractivity contribution in [3.63, 3.8) is 0 Å². The Hall–Kier alpha value is -2.71. The zero-order valence-corrected chi connectivity index (χ0v) is 11.1. The first kappa shape index (κ1) is 13.3. The Balaban J connectivity index is 1.58. The molecular weight excluding hydrogens is 276 g/mol. The monoisotopic (exact) mass is 290 g/mol. The summed E-state index contributed by atoms with van der Waals surface area (Å²) in [5.41, 5.74) is 0.360. The third-order valence-corrected chi connectivity index (χ3v) is 3.24. The molecule has 1 saturated heterocycles. The molecule has 1 aliphatic heterocycles. The van der Waals surface area contributed by atoms with Crippen LogP contribution in [0, 0.1) is 0 Å². The van der Waals surface area contributed by atoms with Crippen molar-refractivity contribution in [2.24, 2.45) is 0 Å². The summed E-state index contributed by atoms with van der Waals surface area (Å²) in [5.74, 6) is 0.480. The van der Waals surface area contributed by atoms with E-state index in [1.165, 1.54) is 12.5 Å². The Morgan fingerprint density at radius 1 is 1.52 bits per heavy atom. The standard InChI is InChI=1S/C12H14N6O3/c19-9-3-7(1-2-14-9)11-17-10(21-18-11)5-15-12(20)8-4-13-6-16-8/h4,6-7H,1-3,5H2,(H,13,16)(H,14,19)(H,15,20). The van der Waals surface area contributed by atoms with Gasteiger partial charge >= 0.3 is 0 Å². The normalized spacial score (nSPS) is 18.3. The van der Waals surface area contributed by atoms with Crippen molar-refractivity contribution in [1.82, 2.24) is 30.7 Å². The van der Waals surface area contributed by atoms with Crippen LogP contribution in [-0.4, -0.2) is 38.5 Å². The van der Waals surface area contributed by atoms with Gasteiger partial charge in [0, 0.05) is 18.9 Å². The van der Waals surface area contributed by atoms with E-state index in [9.17, 15) is 9.59 Å². The minimum Gasteiger partial charge on any atom is -0.356 e. The Kier molecular flexibility index (Phi) is 3.63. The molecule has 1 aliphatic rings. The predicted molar refractivity (Wildman–Crippen MR) is 69.0 cm³/mol. The number of imidazole rings is 1. The van der Waals surface area contributed by atoms with Crippen molar-refractivity contribution >= 4 is 11.8 Å². The van der Waals surface area contributed by atoms with Crippen LogP contribution in [-0.2, 0) is 11.3 Å². The lowest BCUT2D eigenvalue weighted by Crippen LogP contribution is -2.32. The highest BCUT2D eigenvalue weighted by Gasteiger charge is 2.25. The average Bonchev–Trinajstić information content (AvgIpc) is 3.16. The second-order valence-corrected chi connectivity index (χ2v) is 4.73. The van der Waals surface area contributed by atoms with Crippen LogP contribution in [0.5, 0.6) is 0 Å². The molecule has 9 nitrogen and oxygen atoms in total. The number of piperidine rings is 1. The summed E-state index contributed by atoms with van der Waals surface area (Å²) in [4.78, 5) is 33.7. The largest absolute Gasteiger partial charge is 0.356 e. The average molecular weight is 290 g/mol. The maximum absolute atomic E-state index is 11.7. The molecule has 2 amide bonds. The number of aromatic amines is 1. The molecule has 0 saturated carbocycles. The number of carbonyl (C=O) groups is 2. The fraction of sp³-hybridized carbons (Fsp3) is 0.417. The first-order chi connectivity index (χ1) is 10.2. The van der Waals surface area contributed by atoms with Gasteiger partial charge in [0.05, 0.1) is 19.1 Å². The van der Waals surface area contributed by atoms with Crippen molar-refractivity contribution in [2.45, 2.75) is 25.3 Å². The van der Waals surface area contributed by atoms with Gasteiger partial charge in [-0.3, -0.25) is 9.59 Å². The number of rotatable bonds is 4. The molecule has 0 radical (unpaired) electrons.